The molecule has 0 aliphatic rings. The first kappa shape index (κ1) is 13.5. The number of hydrogen-bond donors (Lipinski definition) is 2. The van der Waals surface area contributed by atoms with E-state index in [1.165, 1.54) is 7.11 Å². The molecule has 0 spiro atoms. The van der Waals surface area contributed by atoms with Gasteiger partial charge in [-0.25, -0.2) is 8.78 Å². The third-order valence-electron chi connectivity index (χ3n) is 2.10. The van der Waals surface area contributed by atoms with Crippen molar-refractivity contribution in [2.75, 3.05) is 20.3 Å². The van der Waals surface area contributed by atoms with E-state index in [-0.39, 0.29) is 18.8 Å². The van der Waals surface area contributed by atoms with E-state index in [2.05, 4.69) is 5.32 Å². The molecule has 1 atom stereocenters. The van der Waals surface area contributed by atoms with Crippen LogP contribution in [0.5, 0.6) is 0 Å². The van der Waals surface area contributed by atoms with Gasteiger partial charge in [0.25, 0.3) is 5.91 Å². The Morgan fingerprint density at radius 2 is 2.24 bits per heavy atom. The van der Waals surface area contributed by atoms with Crippen molar-refractivity contribution in [3.63, 3.8) is 0 Å². The van der Waals surface area contributed by atoms with Gasteiger partial charge in [0.2, 0.25) is 0 Å². The van der Waals surface area contributed by atoms with Crippen molar-refractivity contribution in [2.45, 2.75) is 6.04 Å². The van der Waals surface area contributed by atoms with Gasteiger partial charge in [-0.3, -0.25) is 4.79 Å². The molecule has 0 heterocycles. The number of ether oxygens (including phenoxy) is 1. The van der Waals surface area contributed by atoms with Crippen molar-refractivity contribution in [1.82, 2.24) is 5.32 Å². The summed E-state index contributed by atoms with van der Waals surface area (Å²) in [7, 11) is 1.41. The van der Waals surface area contributed by atoms with Crippen LogP contribution < -0.4 is 5.32 Å². The first-order valence-electron chi connectivity index (χ1n) is 4.94. The Bertz CT molecular complexity index is 398. The van der Waals surface area contributed by atoms with Crippen LogP contribution in [0, 0.1) is 11.6 Å². The number of aliphatic hydroxyl groups excluding tert-OH is 1. The lowest BCUT2D eigenvalue weighted by molar-refractivity contribution is 0.0836. The quantitative estimate of drug-likeness (QED) is 0.803. The number of nitrogens with one attached hydrogen (secondary N) is 1. The highest BCUT2D eigenvalue weighted by Gasteiger charge is 2.16. The zero-order chi connectivity index (χ0) is 12.8. The van der Waals surface area contributed by atoms with Gasteiger partial charge in [0.15, 0.2) is 0 Å². The second-order valence-electron chi connectivity index (χ2n) is 3.43. The fraction of sp³-hybridized carbons (Fsp3) is 0.364. The Morgan fingerprint density at radius 1 is 1.53 bits per heavy atom. The van der Waals surface area contributed by atoms with Gasteiger partial charge in [-0.1, -0.05) is 0 Å². The van der Waals surface area contributed by atoms with Gasteiger partial charge in [-0.2, -0.15) is 0 Å². The summed E-state index contributed by atoms with van der Waals surface area (Å²) in [4.78, 5) is 11.6. The van der Waals surface area contributed by atoms with Crippen LogP contribution in [0.25, 0.3) is 0 Å². The number of carbonyl (C=O) groups excluding carboxylic acids is 1. The molecule has 1 amide bonds. The molecule has 1 aromatic carbocycles. The minimum atomic E-state index is -0.948. The minimum absolute atomic E-state index is 0.102. The summed E-state index contributed by atoms with van der Waals surface area (Å²) in [5.41, 5.74) is -0.277. The lowest BCUT2D eigenvalue weighted by atomic mass is 10.2. The Morgan fingerprint density at radius 3 is 2.76 bits per heavy atom. The van der Waals surface area contributed by atoms with Crippen LogP contribution in [0.1, 0.15) is 10.4 Å². The number of methoxy groups -OCH3 is 1. The first-order chi connectivity index (χ1) is 8.08. The number of hydrogen-bond acceptors (Lipinski definition) is 3. The van der Waals surface area contributed by atoms with E-state index in [1.54, 1.807) is 0 Å². The molecule has 1 aromatic rings. The predicted octanol–water partition coefficient (Wildman–Crippen LogP) is 0.702. The van der Waals surface area contributed by atoms with Crippen LogP contribution in [-0.2, 0) is 4.74 Å². The standard InChI is InChI=1S/C11H13F2NO3/c1-17-6-8(5-15)14-11(16)9-3-2-7(12)4-10(9)13/h2-4,8,15H,5-6H2,1H3,(H,14,16). The van der Waals surface area contributed by atoms with E-state index in [1.807, 2.05) is 0 Å². The average molecular weight is 245 g/mol. The van der Waals surface area contributed by atoms with E-state index >= 15 is 0 Å². The second kappa shape index (κ2) is 6.27. The Labute approximate surface area is 97.2 Å². The van der Waals surface area contributed by atoms with Gasteiger partial charge in [-0.15, -0.1) is 0 Å². The lowest BCUT2D eigenvalue weighted by Gasteiger charge is -2.15. The maximum Gasteiger partial charge on any atom is 0.254 e. The molecule has 94 valence electrons. The van der Waals surface area contributed by atoms with Crippen LogP contribution >= 0.6 is 0 Å². The molecule has 17 heavy (non-hydrogen) atoms. The van der Waals surface area contributed by atoms with Gasteiger partial charge in [-0.05, 0) is 12.1 Å². The molecule has 0 radical (unpaired) electrons. The minimum Gasteiger partial charge on any atom is -0.394 e. The maximum absolute atomic E-state index is 13.2. The Balaban J connectivity index is 2.75. The number of amides is 1. The number of halogens is 2. The zero-order valence-corrected chi connectivity index (χ0v) is 9.24. The molecule has 0 saturated heterocycles. The average Bonchev–Trinajstić information content (AvgIpc) is 2.28. The van der Waals surface area contributed by atoms with Crippen molar-refractivity contribution in [1.29, 1.82) is 0 Å². The summed E-state index contributed by atoms with van der Waals surface area (Å²) in [6.45, 7) is -0.229. The van der Waals surface area contributed by atoms with Crippen molar-refractivity contribution in [2.24, 2.45) is 0 Å². The molecule has 2 N–H and O–H groups in total. The van der Waals surface area contributed by atoms with Gasteiger partial charge in [0.1, 0.15) is 11.6 Å². The summed E-state index contributed by atoms with van der Waals surface area (Å²) < 4.78 is 30.6. The summed E-state index contributed by atoms with van der Waals surface area (Å²) >= 11 is 0. The summed E-state index contributed by atoms with van der Waals surface area (Å²) in [6.07, 6.45) is 0. The zero-order valence-electron chi connectivity index (χ0n) is 9.24. The molecule has 1 rings (SSSR count). The van der Waals surface area contributed by atoms with Gasteiger partial charge < -0.3 is 15.2 Å². The Hall–Kier alpha value is -1.53. The van der Waals surface area contributed by atoms with Gasteiger partial charge >= 0.3 is 0 Å². The third kappa shape index (κ3) is 3.76. The normalized spacial score (nSPS) is 12.2. The first-order valence-corrected chi connectivity index (χ1v) is 4.94. The van der Waals surface area contributed by atoms with E-state index < -0.39 is 23.6 Å². The number of aliphatic hydroxyl groups is 1. The topological polar surface area (TPSA) is 58.6 Å². The monoisotopic (exact) mass is 245 g/mol. The third-order valence-corrected chi connectivity index (χ3v) is 2.10. The SMILES string of the molecule is COCC(CO)NC(=O)c1ccc(F)cc1F. The van der Waals surface area contributed by atoms with Crippen molar-refractivity contribution < 1.29 is 23.4 Å². The van der Waals surface area contributed by atoms with Crippen molar-refractivity contribution >= 4 is 5.91 Å². The molecule has 4 nitrogen and oxygen atoms in total. The van der Waals surface area contributed by atoms with E-state index in [0.29, 0.717) is 6.07 Å². The highest BCUT2D eigenvalue weighted by molar-refractivity contribution is 5.94. The number of rotatable bonds is 5. The predicted molar refractivity (Wildman–Crippen MR) is 56.6 cm³/mol. The molecule has 1 unspecified atom stereocenters. The smallest absolute Gasteiger partial charge is 0.254 e. The number of carbonyl (C=O) groups is 1. The summed E-state index contributed by atoms with van der Waals surface area (Å²) in [5, 5.41) is 11.3. The fourth-order valence-electron chi connectivity index (χ4n) is 1.28. The molecule has 0 aromatic heterocycles. The summed E-state index contributed by atoms with van der Waals surface area (Å²) in [5.74, 6) is -2.43. The van der Waals surface area contributed by atoms with E-state index in [0.717, 1.165) is 12.1 Å². The molecule has 6 heteroatoms. The van der Waals surface area contributed by atoms with E-state index in [9.17, 15) is 13.6 Å². The maximum atomic E-state index is 13.2. The van der Waals surface area contributed by atoms with Crippen LogP contribution in [0.4, 0.5) is 8.78 Å². The highest BCUT2D eigenvalue weighted by Crippen LogP contribution is 2.09. The second-order valence-corrected chi connectivity index (χ2v) is 3.43. The molecule has 0 saturated carbocycles. The Kier molecular flexibility index (Phi) is 4.99. The van der Waals surface area contributed by atoms with Crippen LogP contribution in [-0.4, -0.2) is 37.4 Å². The van der Waals surface area contributed by atoms with Crippen molar-refractivity contribution in [3.8, 4) is 0 Å². The van der Waals surface area contributed by atoms with Crippen molar-refractivity contribution in [3.05, 3.63) is 35.4 Å². The van der Waals surface area contributed by atoms with E-state index in [4.69, 9.17) is 9.84 Å². The van der Waals surface area contributed by atoms with Crippen LogP contribution in [0.3, 0.4) is 0 Å². The molecule has 0 fully saturated rings. The van der Waals surface area contributed by atoms with Gasteiger partial charge in [0, 0.05) is 13.2 Å². The van der Waals surface area contributed by atoms with Crippen LogP contribution in [0.15, 0.2) is 18.2 Å². The largest absolute Gasteiger partial charge is 0.394 e. The molecular weight excluding hydrogens is 232 g/mol. The fourth-order valence-corrected chi connectivity index (χ4v) is 1.28. The summed E-state index contributed by atoms with van der Waals surface area (Å²) in [6, 6.07) is 2.03. The highest BCUT2D eigenvalue weighted by atomic mass is 19.1. The molecule has 0 aliphatic carbocycles. The molecular formula is C11H13F2NO3. The lowest BCUT2D eigenvalue weighted by Crippen LogP contribution is -2.40. The molecule has 0 bridgehead atoms. The number of benzene rings is 1. The van der Waals surface area contributed by atoms with Gasteiger partial charge in [0.05, 0.1) is 24.8 Å². The van der Waals surface area contributed by atoms with Crippen LogP contribution in [0.2, 0.25) is 0 Å². The molecule has 0 aliphatic heterocycles.